The Bertz CT molecular complexity index is 1050. The van der Waals surface area contributed by atoms with Gasteiger partial charge in [0, 0.05) is 43.3 Å². The first-order valence-electron chi connectivity index (χ1n) is 11.0. The highest BCUT2D eigenvalue weighted by Gasteiger charge is 2.26. The molecule has 1 saturated heterocycles. The summed E-state index contributed by atoms with van der Waals surface area (Å²) in [6, 6.07) is 13.6. The van der Waals surface area contributed by atoms with Gasteiger partial charge in [-0.05, 0) is 55.7 Å². The zero-order chi connectivity index (χ0) is 23.3. The van der Waals surface area contributed by atoms with E-state index in [1.165, 1.54) is 16.4 Å². The lowest BCUT2D eigenvalue weighted by Gasteiger charge is -2.32. The molecule has 1 fully saturated rings. The number of nitrogens with one attached hydrogen (secondary N) is 1. The third-order valence-corrected chi connectivity index (χ3v) is 8.02. The van der Waals surface area contributed by atoms with E-state index in [9.17, 15) is 18.0 Å². The summed E-state index contributed by atoms with van der Waals surface area (Å²) in [6.45, 7) is 7.38. The first kappa shape index (κ1) is 23.9. The molecule has 0 saturated carbocycles. The van der Waals surface area contributed by atoms with Gasteiger partial charge in [0.15, 0.2) is 0 Å². The number of amides is 2. The van der Waals surface area contributed by atoms with Crippen LogP contribution in [-0.4, -0.2) is 61.7 Å². The summed E-state index contributed by atoms with van der Waals surface area (Å²) in [4.78, 5) is 27.4. The Morgan fingerprint density at radius 2 is 1.59 bits per heavy atom. The van der Waals surface area contributed by atoms with Gasteiger partial charge in [0.1, 0.15) is 0 Å². The highest BCUT2D eigenvalue weighted by Crippen LogP contribution is 2.19. The number of hydrogen-bond donors (Lipinski definition) is 1. The Labute approximate surface area is 190 Å². The molecule has 2 amide bonds. The van der Waals surface area contributed by atoms with E-state index < -0.39 is 10.0 Å². The van der Waals surface area contributed by atoms with Crippen LogP contribution in [0.4, 0.5) is 0 Å². The molecule has 7 nitrogen and oxygen atoms in total. The Morgan fingerprint density at radius 1 is 1.00 bits per heavy atom. The van der Waals surface area contributed by atoms with Gasteiger partial charge in [-0.25, -0.2) is 8.42 Å². The van der Waals surface area contributed by atoms with Crippen molar-refractivity contribution in [2.24, 2.45) is 0 Å². The van der Waals surface area contributed by atoms with Crippen molar-refractivity contribution >= 4 is 21.8 Å². The fraction of sp³-hybridized carbons (Fsp3) is 0.417. The molecule has 0 aliphatic carbocycles. The normalized spacial score (nSPS) is 15.1. The fourth-order valence-electron chi connectivity index (χ4n) is 3.98. The molecule has 1 aliphatic rings. The van der Waals surface area contributed by atoms with Crippen molar-refractivity contribution in [3.8, 4) is 0 Å². The number of nitrogens with zero attached hydrogens (tertiary/aromatic N) is 2. The molecule has 0 unspecified atom stereocenters. The Kier molecular flexibility index (Phi) is 7.69. The van der Waals surface area contributed by atoms with Crippen LogP contribution < -0.4 is 5.32 Å². The number of likely N-dealkylation sites (tertiary alicyclic amines) is 1. The van der Waals surface area contributed by atoms with Gasteiger partial charge in [0.25, 0.3) is 11.8 Å². The maximum atomic E-state index is 12.9. The van der Waals surface area contributed by atoms with Crippen LogP contribution in [0.3, 0.4) is 0 Å². The lowest BCUT2D eigenvalue weighted by Crippen LogP contribution is -2.46. The van der Waals surface area contributed by atoms with Crippen LogP contribution in [0.1, 0.15) is 53.0 Å². The van der Waals surface area contributed by atoms with Gasteiger partial charge in [-0.2, -0.15) is 4.31 Å². The van der Waals surface area contributed by atoms with Crippen LogP contribution in [0.2, 0.25) is 0 Å². The lowest BCUT2D eigenvalue weighted by molar-refractivity contribution is 0.0698. The van der Waals surface area contributed by atoms with E-state index in [-0.39, 0.29) is 22.8 Å². The number of sulfonamides is 1. The third kappa shape index (κ3) is 5.19. The van der Waals surface area contributed by atoms with Crippen LogP contribution in [0.5, 0.6) is 0 Å². The van der Waals surface area contributed by atoms with Crippen LogP contribution >= 0.6 is 0 Å². The van der Waals surface area contributed by atoms with E-state index in [0.29, 0.717) is 50.1 Å². The first-order chi connectivity index (χ1) is 15.3. The minimum atomic E-state index is -3.55. The number of hydrogen-bond acceptors (Lipinski definition) is 4. The average molecular weight is 458 g/mol. The lowest BCUT2D eigenvalue weighted by atomic mass is 10.0. The molecule has 32 heavy (non-hydrogen) atoms. The van der Waals surface area contributed by atoms with Crippen molar-refractivity contribution in [3.63, 3.8) is 0 Å². The molecule has 0 spiro atoms. The number of carbonyl (C=O) groups excluding carboxylic acids is 2. The van der Waals surface area contributed by atoms with Gasteiger partial charge < -0.3 is 10.2 Å². The maximum absolute atomic E-state index is 12.9. The van der Waals surface area contributed by atoms with Crippen LogP contribution in [-0.2, 0) is 10.0 Å². The molecule has 0 bridgehead atoms. The smallest absolute Gasteiger partial charge is 0.253 e. The van der Waals surface area contributed by atoms with Crippen LogP contribution in [0, 0.1) is 6.92 Å². The van der Waals surface area contributed by atoms with Gasteiger partial charge in [0.05, 0.1) is 4.90 Å². The van der Waals surface area contributed by atoms with Crippen molar-refractivity contribution in [3.05, 3.63) is 65.2 Å². The predicted molar refractivity (Wildman–Crippen MR) is 124 cm³/mol. The van der Waals surface area contributed by atoms with Gasteiger partial charge in [0.2, 0.25) is 10.0 Å². The summed E-state index contributed by atoms with van der Waals surface area (Å²) >= 11 is 0. The van der Waals surface area contributed by atoms with E-state index in [2.05, 4.69) is 5.32 Å². The molecule has 3 rings (SSSR count). The average Bonchev–Trinajstić information content (AvgIpc) is 2.80. The number of rotatable bonds is 7. The van der Waals surface area contributed by atoms with Gasteiger partial charge in [-0.15, -0.1) is 0 Å². The topological polar surface area (TPSA) is 86.8 Å². The number of piperidine rings is 1. The van der Waals surface area contributed by atoms with E-state index in [1.54, 1.807) is 30.9 Å². The predicted octanol–water partition coefficient (Wildman–Crippen LogP) is 3.06. The van der Waals surface area contributed by atoms with Gasteiger partial charge in [-0.1, -0.05) is 32.0 Å². The quantitative estimate of drug-likeness (QED) is 0.692. The maximum Gasteiger partial charge on any atom is 0.253 e. The third-order valence-electron chi connectivity index (χ3n) is 5.95. The van der Waals surface area contributed by atoms with E-state index in [1.807, 2.05) is 31.2 Å². The van der Waals surface area contributed by atoms with Crippen LogP contribution in [0.15, 0.2) is 53.4 Å². The molecule has 1 aliphatic heterocycles. The fourth-order valence-corrected chi connectivity index (χ4v) is 5.44. The molecule has 0 radical (unpaired) electrons. The number of carbonyl (C=O) groups is 2. The van der Waals surface area contributed by atoms with Crippen molar-refractivity contribution < 1.29 is 18.0 Å². The summed E-state index contributed by atoms with van der Waals surface area (Å²) in [5.41, 5.74) is 2.07. The first-order valence-corrected chi connectivity index (χ1v) is 12.5. The van der Waals surface area contributed by atoms with Gasteiger partial charge in [-0.3, -0.25) is 9.59 Å². The minimum absolute atomic E-state index is 0.0211. The zero-order valence-electron chi connectivity index (χ0n) is 18.9. The molecule has 1 N–H and O–H groups in total. The molecular formula is C24H31N3O4S. The van der Waals surface area contributed by atoms with E-state index >= 15 is 0 Å². The second-order valence-corrected chi connectivity index (χ2v) is 9.91. The van der Waals surface area contributed by atoms with Crippen LogP contribution in [0.25, 0.3) is 0 Å². The molecule has 2 aromatic carbocycles. The number of benzene rings is 2. The highest BCUT2D eigenvalue weighted by molar-refractivity contribution is 7.89. The standard InChI is InChI=1S/C24H31N3O4S/c1-4-27(5-2)32(30,31)21-12-10-19(11-13-21)24(29)26-16-14-20(15-17-26)25-23(28)22-9-7-6-8-18(22)3/h6-13,20H,4-5,14-17H2,1-3H3,(H,25,28). The summed E-state index contributed by atoms with van der Waals surface area (Å²) < 4.78 is 26.6. The summed E-state index contributed by atoms with van der Waals surface area (Å²) in [5, 5.41) is 3.07. The van der Waals surface area contributed by atoms with E-state index in [0.717, 1.165) is 5.56 Å². The molecule has 172 valence electrons. The molecule has 0 aromatic heterocycles. The Hall–Kier alpha value is -2.71. The summed E-state index contributed by atoms with van der Waals surface area (Å²) in [5.74, 6) is -0.210. The number of aryl methyl sites for hydroxylation is 1. The summed E-state index contributed by atoms with van der Waals surface area (Å²) in [6.07, 6.45) is 1.36. The SMILES string of the molecule is CCN(CC)S(=O)(=O)c1ccc(C(=O)N2CCC(NC(=O)c3ccccc3C)CC2)cc1. The Balaban J connectivity index is 1.58. The second kappa shape index (κ2) is 10.3. The molecule has 8 heteroatoms. The Morgan fingerprint density at radius 3 is 2.16 bits per heavy atom. The molecular weight excluding hydrogens is 426 g/mol. The van der Waals surface area contributed by atoms with Gasteiger partial charge >= 0.3 is 0 Å². The van der Waals surface area contributed by atoms with Crippen molar-refractivity contribution in [1.82, 2.24) is 14.5 Å². The minimum Gasteiger partial charge on any atom is -0.349 e. The highest BCUT2D eigenvalue weighted by atomic mass is 32.2. The molecule has 2 aromatic rings. The molecule has 1 heterocycles. The summed E-state index contributed by atoms with van der Waals surface area (Å²) in [7, 11) is -3.55. The molecule has 0 atom stereocenters. The van der Waals surface area contributed by atoms with E-state index in [4.69, 9.17) is 0 Å². The van der Waals surface area contributed by atoms with Crippen molar-refractivity contribution in [1.29, 1.82) is 0 Å². The largest absolute Gasteiger partial charge is 0.349 e. The second-order valence-electron chi connectivity index (χ2n) is 7.97. The zero-order valence-corrected chi connectivity index (χ0v) is 19.7. The van der Waals surface area contributed by atoms with Crippen molar-refractivity contribution in [2.75, 3.05) is 26.2 Å². The monoisotopic (exact) mass is 457 g/mol. The van der Waals surface area contributed by atoms with Crippen molar-refractivity contribution in [2.45, 2.75) is 44.6 Å².